The summed E-state index contributed by atoms with van der Waals surface area (Å²) in [5, 5.41) is 3.20. The summed E-state index contributed by atoms with van der Waals surface area (Å²) < 4.78 is 5.86. The standard InChI is InChI=1S/C15H18N2O/c1-11-6-4-7-13(10-11)18-15-14(12(2)16-3)8-5-9-17-15/h4-10,12,16H,1-3H3. The summed E-state index contributed by atoms with van der Waals surface area (Å²) in [6.45, 7) is 4.13. The summed E-state index contributed by atoms with van der Waals surface area (Å²) in [5.41, 5.74) is 2.23. The summed E-state index contributed by atoms with van der Waals surface area (Å²) in [5.74, 6) is 1.48. The Kier molecular flexibility index (Phi) is 3.95. The highest BCUT2D eigenvalue weighted by Crippen LogP contribution is 2.27. The second kappa shape index (κ2) is 5.65. The van der Waals surface area contributed by atoms with E-state index in [4.69, 9.17) is 4.74 Å². The van der Waals surface area contributed by atoms with Gasteiger partial charge in [0.25, 0.3) is 0 Å². The predicted molar refractivity (Wildman–Crippen MR) is 73.0 cm³/mol. The highest BCUT2D eigenvalue weighted by molar-refractivity contribution is 5.35. The van der Waals surface area contributed by atoms with Crippen LogP contribution in [0, 0.1) is 6.92 Å². The van der Waals surface area contributed by atoms with Crippen molar-refractivity contribution in [2.24, 2.45) is 0 Å². The lowest BCUT2D eigenvalue weighted by atomic mass is 10.1. The van der Waals surface area contributed by atoms with E-state index in [2.05, 4.69) is 17.2 Å². The molecule has 1 aromatic carbocycles. The molecule has 1 N–H and O–H groups in total. The molecular formula is C15H18N2O. The largest absolute Gasteiger partial charge is 0.439 e. The van der Waals surface area contributed by atoms with E-state index in [1.807, 2.05) is 50.4 Å². The number of aromatic nitrogens is 1. The number of benzene rings is 1. The van der Waals surface area contributed by atoms with E-state index in [0.717, 1.165) is 11.3 Å². The van der Waals surface area contributed by atoms with Crippen LogP contribution in [0.3, 0.4) is 0 Å². The van der Waals surface area contributed by atoms with Gasteiger partial charge < -0.3 is 10.1 Å². The van der Waals surface area contributed by atoms with Gasteiger partial charge in [-0.05, 0) is 44.7 Å². The van der Waals surface area contributed by atoms with Crippen LogP contribution in [0.1, 0.15) is 24.1 Å². The molecule has 3 heteroatoms. The lowest BCUT2D eigenvalue weighted by Gasteiger charge is -2.15. The number of hydrogen-bond acceptors (Lipinski definition) is 3. The van der Waals surface area contributed by atoms with Gasteiger partial charge >= 0.3 is 0 Å². The van der Waals surface area contributed by atoms with Crippen molar-refractivity contribution in [3.63, 3.8) is 0 Å². The Morgan fingerprint density at radius 3 is 2.78 bits per heavy atom. The first-order valence-electron chi connectivity index (χ1n) is 6.07. The highest BCUT2D eigenvalue weighted by atomic mass is 16.5. The molecule has 0 saturated carbocycles. The molecule has 1 unspecified atom stereocenters. The SMILES string of the molecule is CNC(C)c1cccnc1Oc1cccc(C)c1. The maximum absolute atomic E-state index is 5.86. The van der Waals surface area contributed by atoms with Gasteiger partial charge in [0.05, 0.1) is 0 Å². The topological polar surface area (TPSA) is 34.2 Å². The number of nitrogens with one attached hydrogen (secondary N) is 1. The fraction of sp³-hybridized carbons (Fsp3) is 0.267. The zero-order valence-corrected chi connectivity index (χ0v) is 11.0. The van der Waals surface area contributed by atoms with Crippen LogP contribution in [0.2, 0.25) is 0 Å². The van der Waals surface area contributed by atoms with Gasteiger partial charge in [0.15, 0.2) is 0 Å². The Morgan fingerprint density at radius 1 is 1.22 bits per heavy atom. The summed E-state index contributed by atoms with van der Waals surface area (Å²) in [4.78, 5) is 4.31. The second-order valence-electron chi connectivity index (χ2n) is 4.33. The number of aryl methyl sites for hydroxylation is 1. The van der Waals surface area contributed by atoms with Crippen molar-refractivity contribution >= 4 is 0 Å². The lowest BCUT2D eigenvalue weighted by Crippen LogP contribution is -2.13. The van der Waals surface area contributed by atoms with Crippen molar-refractivity contribution in [2.75, 3.05) is 7.05 Å². The molecule has 1 heterocycles. The monoisotopic (exact) mass is 242 g/mol. The van der Waals surface area contributed by atoms with Crippen molar-refractivity contribution in [1.29, 1.82) is 0 Å². The van der Waals surface area contributed by atoms with Gasteiger partial charge in [-0.2, -0.15) is 0 Å². The van der Waals surface area contributed by atoms with Gasteiger partial charge in [-0.3, -0.25) is 0 Å². The maximum atomic E-state index is 5.86. The molecule has 2 rings (SSSR count). The number of ether oxygens (including phenoxy) is 1. The molecule has 0 saturated heterocycles. The minimum atomic E-state index is 0.207. The predicted octanol–water partition coefficient (Wildman–Crippen LogP) is 3.46. The Labute approximate surface area is 108 Å². The molecule has 0 aliphatic heterocycles. The van der Waals surface area contributed by atoms with Gasteiger partial charge in [0.2, 0.25) is 5.88 Å². The van der Waals surface area contributed by atoms with Crippen molar-refractivity contribution < 1.29 is 4.74 Å². The second-order valence-corrected chi connectivity index (χ2v) is 4.33. The number of hydrogen-bond donors (Lipinski definition) is 1. The van der Waals surface area contributed by atoms with Crippen LogP contribution in [-0.2, 0) is 0 Å². The normalized spacial score (nSPS) is 12.2. The molecule has 18 heavy (non-hydrogen) atoms. The average molecular weight is 242 g/mol. The van der Waals surface area contributed by atoms with Crippen molar-refractivity contribution in [3.05, 3.63) is 53.7 Å². The molecule has 1 atom stereocenters. The maximum Gasteiger partial charge on any atom is 0.223 e. The summed E-state index contributed by atoms with van der Waals surface area (Å²) in [7, 11) is 1.92. The van der Waals surface area contributed by atoms with E-state index in [-0.39, 0.29) is 6.04 Å². The third kappa shape index (κ3) is 2.87. The van der Waals surface area contributed by atoms with Gasteiger partial charge in [0, 0.05) is 17.8 Å². The molecule has 0 aliphatic carbocycles. The van der Waals surface area contributed by atoms with E-state index in [1.165, 1.54) is 5.56 Å². The Morgan fingerprint density at radius 2 is 2.06 bits per heavy atom. The molecule has 0 amide bonds. The van der Waals surface area contributed by atoms with Crippen molar-refractivity contribution in [1.82, 2.24) is 10.3 Å². The highest BCUT2D eigenvalue weighted by Gasteiger charge is 2.11. The number of pyridine rings is 1. The van der Waals surface area contributed by atoms with E-state index in [1.54, 1.807) is 6.20 Å². The molecule has 0 bridgehead atoms. The minimum absolute atomic E-state index is 0.207. The zero-order chi connectivity index (χ0) is 13.0. The first kappa shape index (κ1) is 12.6. The fourth-order valence-electron chi connectivity index (χ4n) is 1.76. The Bertz CT molecular complexity index is 525. The van der Waals surface area contributed by atoms with Gasteiger partial charge in [-0.1, -0.05) is 18.2 Å². The number of rotatable bonds is 4. The van der Waals surface area contributed by atoms with Gasteiger partial charge in [-0.25, -0.2) is 4.98 Å². The molecule has 0 spiro atoms. The molecule has 0 aliphatic rings. The van der Waals surface area contributed by atoms with Crippen molar-refractivity contribution in [2.45, 2.75) is 19.9 Å². The minimum Gasteiger partial charge on any atom is -0.439 e. The van der Waals surface area contributed by atoms with Crippen LogP contribution in [0.4, 0.5) is 0 Å². The third-order valence-corrected chi connectivity index (χ3v) is 2.90. The molecule has 0 radical (unpaired) electrons. The van der Waals surface area contributed by atoms with Crippen molar-refractivity contribution in [3.8, 4) is 11.6 Å². The molecule has 94 valence electrons. The molecular weight excluding hydrogens is 224 g/mol. The van der Waals surface area contributed by atoms with Crippen LogP contribution >= 0.6 is 0 Å². The lowest BCUT2D eigenvalue weighted by molar-refractivity contribution is 0.446. The van der Waals surface area contributed by atoms with Gasteiger partial charge in [0.1, 0.15) is 5.75 Å². The van der Waals surface area contributed by atoms with Crippen LogP contribution in [0.15, 0.2) is 42.6 Å². The van der Waals surface area contributed by atoms with Crippen LogP contribution in [-0.4, -0.2) is 12.0 Å². The quantitative estimate of drug-likeness (QED) is 0.891. The third-order valence-electron chi connectivity index (χ3n) is 2.90. The molecule has 0 fully saturated rings. The Hall–Kier alpha value is -1.87. The molecule has 2 aromatic rings. The summed E-state index contributed by atoms with van der Waals surface area (Å²) in [6.07, 6.45) is 1.75. The summed E-state index contributed by atoms with van der Waals surface area (Å²) >= 11 is 0. The Balaban J connectivity index is 2.29. The zero-order valence-electron chi connectivity index (χ0n) is 11.0. The average Bonchev–Trinajstić information content (AvgIpc) is 2.38. The summed E-state index contributed by atoms with van der Waals surface area (Å²) in [6, 6.07) is 12.1. The molecule has 1 aromatic heterocycles. The van der Waals surface area contributed by atoms with Gasteiger partial charge in [-0.15, -0.1) is 0 Å². The van der Waals surface area contributed by atoms with Crippen LogP contribution in [0.25, 0.3) is 0 Å². The van der Waals surface area contributed by atoms with Crippen LogP contribution < -0.4 is 10.1 Å². The molecule has 3 nitrogen and oxygen atoms in total. The first-order chi connectivity index (χ1) is 8.70. The van der Waals surface area contributed by atoms with E-state index in [9.17, 15) is 0 Å². The first-order valence-corrected chi connectivity index (χ1v) is 6.07. The van der Waals surface area contributed by atoms with E-state index < -0.39 is 0 Å². The smallest absolute Gasteiger partial charge is 0.223 e. The van der Waals surface area contributed by atoms with Crippen LogP contribution in [0.5, 0.6) is 11.6 Å². The fourth-order valence-corrected chi connectivity index (χ4v) is 1.76. The van der Waals surface area contributed by atoms with E-state index in [0.29, 0.717) is 5.88 Å². The number of nitrogens with zero attached hydrogens (tertiary/aromatic N) is 1. The van der Waals surface area contributed by atoms with E-state index >= 15 is 0 Å².